The lowest BCUT2D eigenvalue weighted by Gasteiger charge is -2.11. The van der Waals surface area contributed by atoms with Crippen molar-refractivity contribution in [3.63, 3.8) is 0 Å². The number of rotatable bonds is 4. The van der Waals surface area contributed by atoms with E-state index in [0.717, 1.165) is 27.9 Å². The van der Waals surface area contributed by atoms with Crippen LogP contribution in [0.15, 0.2) is 61.2 Å². The van der Waals surface area contributed by atoms with Crippen LogP contribution in [0.1, 0.15) is 16.1 Å². The zero-order valence-corrected chi connectivity index (χ0v) is 13.6. The van der Waals surface area contributed by atoms with Crippen LogP contribution in [0.5, 0.6) is 5.75 Å². The summed E-state index contributed by atoms with van der Waals surface area (Å²) < 4.78 is 7.28. The Labute approximate surface area is 144 Å². The first-order valence-electron chi connectivity index (χ1n) is 7.88. The first-order valence-corrected chi connectivity index (χ1v) is 7.88. The molecule has 0 aliphatic rings. The summed E-state index contributed by atoms with van der Waals surface area (Å²) >= 11 is 0. The molecule has 2 heterocycles. The van der Waals surface area contributed by atoms with Crippen LogP contribution in [0, 0.1) is 0 Å². The van der Waals surface area contributed by atoms with Gasteiger partial charge >= 0.3 is 0 Å². The number of benzene rings is 2. The molecule has 0 spiro atoms. The van der Waals surface area contributed by atoms with E-state index in [2.05, 4.69) is 15.3 Å². The summed E-state index contributed by atoms with van der Waals surface area (Å²) in [6.45, 7) is 0.379. The van der Waals surface area contributed by atoms with Crippen LogP contribution in [0.2, 0.25) is 0 Å². The van der Waals surface area contributed by atoms with E-state index in [4.69, 9.17) is 4.74 Å². The van der Waals surface area contributed by atoms with Crippen LogP contribution in [0.4, 0.5) is 0 Å². The van der Waals surface area contributed by atoms with E-state index >= 15 is 0 Å². The lowest BCUT2D eigenvalue weighted by Crippen LogP contribution is -2.23. The Kier molecular flexibility index (Phi) is 3.78. The predicted molar refractivity (Wildman–Crippen MR) is 94.7 cm³/mol. The molecule has 6 heteroatoms. The third-order valence-corrected chi connectivity index (χ3v) is 4.17. The van der Waals surface area contributed by atoms with Gasteiger partial charge in [0.15, 0.2) is 5.65 Å². The van der Waals surface area contributed by atoms with Gasteiger partial charge in [0.05, 0.1) is 31.7 Å². The summed E-state index contributed by atoms with van der Waals surface area (Å²) in [5.74, 6) is 0.615. The standard InChI is InChI=1S/C19H16N4O2/c1-25-17-7-6-16(14-4-2-3-5-15(14)17)19(24)22-11-13-10-21-18-12-20-8-9-23(13)18/h2-10,12H,11H2,1H3,(H,22,24). The van der Waals surface area contributed by atoms with Gasteiger partial charge in [0.1, 0.15) is 5.75 Å². The second-order valence-electron chi connectivity index (χ2n) is 5.60. The van der Waals surface area contributed by atoms with Crippen LogP contribution >= 0.6 is 0 Å². The number of hydrogen-bond acceptors (Lipinski definition) is 4. The number of carbonyl (C=O) groups excluding carboxylic acids is 1. The maximum Gasteiger partial charge on any atom is 0.252 e. The van der Waals surface area contributed by atoms with E-state index in [1.54, 1.807) is 31.8 Å². The maximum atomic E-state index is 12.7. The van der Waals surface area contributed by atoms with Gasteiger partial charge in [0, 0.05) is 23.3 Å². The van der Waals surface area contributed by atoms with Crippen LogP contribution < -0.4 is 10.1 Å². The summed E-state index contributed by atoms with van der Waals surface area (Å²) in [6.07, 6.45) is 6.94. The smallest absolute Gasteiger partial charge is 0.252 e. The van der Waals surface area contributed by atoms with E-state index in [-0.39, 0.29) is 5.91 Å². The molecule has 0 saturated heterocycles. The van der Waals surface area contributed by atoms with E-state index in [1.807, 2.05) is 40.9 Å². The number of nitrogens with one attached hydrogen (secondary N) is 1. The highest BCUT2D eigenvalue weighted by Crippen LogP contribution is 2.28. The molecule has 0 unspecified atom stereocenters. The van der Waals surface area contributed by atoms with E-state index < -0.39 is 0 Å². The minimum Gasteiger partial charge on any atom is -0.496 e. The Morgan fingerprint density at radius 2 is 2.00 bits per heavy atom. The summed E-state index contributed by atoms with van der Waals surface area (Å²) in [4.78, 5) is 21.0. The fourth-order valence-electron chi connectivity index (χ4n) is 2.94. The van der Waals surface area contributed by atoms with Gasteiger partial charge in [-0.15, -0.1) is 0 Å². The number of fused-ring (bicyclic) bond motifs is 2. The van der Waals surface area contributed by atoms with Crippen molar-refractivity contribution in [1.82, 2.24) is 19.7 Å². The number of methoxy groups -OCH3 is 1. The van der Waals surface area contributed by atoms with E-state index in [1.165, 1.54) is 0 Å². The second-order valence-corrected chi connectivity index (χ2v) is 5.60. The van der Waals surface area contributed by atoms with Gasteiger partial charge in [-0.25, -0.2) is 4.98 Å². The first kappa shape index (κ1) is 15.1. The Morgan fingerprint density at radius 3 is 2.84 bits per heavy atom. The quantitative estimate of drug-likeness (QED) is 0.624. The van der Waals surface area contributed by atoms with Crippen LogP contribution in [0.3, 0.4) is 0 Å². The molecule has 1 N–H and O–H groups in total. The van der Waals surface area contributed by atoms with Crippen LogP contribution in [0.25, 0.3) is 16.4 Å². The lowest BCUT2D eigenvalue weighted by molar-refractivity contribution is 0.0952. The van der Waals surface area contributed by atoms with E-state index in [0.29, 0.717) is 12.1 Å². The highest BCUT2D eigenvalue weighted by Gasteiger charge is 2.13. The first-order chi connectivity index (χ1) is 12.3. The lowest BCUT2D eigenvalue weighted by atomic mass is 10.0. The Balaban J connectivity index is 1.62. The molecule has 0 aliphatic heterocycles. The average molecular weight is 332 g/mol. The molecule has 4 aromatic rings. The number of aromatic nitrogens is 3. The van der Waals surface area contributed by atoms with Gasteiger partial charge in [-0.1, -0.05) is 24.3 Å². The third kappa shape index (κ3) is 2.67. The minimum atomic E-state index is -0.136. The van der Waals surface area contributed by atoms with Gasteiger partial charge in [0.2, 0.25) is 0 Å². The fourth-order valence-corrected chi connectivity index (χ4v) is 2.94. The molecule has 4 rings (SSSR count). The Hall–Kier alpha value is -3.41. The van der Waals surface area contributed by atoms with Gasteiger partial charge < -0.3 is 10.1 Å². The zero-order valence-electron chi connectivity index (χ0n) is 13.6. The normalized spacial score (nSPS) is 10.9. The molecule has 2 aromatic heterocycles. The highest BCUT2D eigenvalue weighted by atomic mass is 16.5. The third-order valence-electron chi connectivity index (χ3n) is 4.17. The molecule has 0 saturated carbocycles. The molecular formula is C19H16N4O2. The average Bonchev–Trinajstić information content (AvgIpc) is 3.08. The summed E-state index contributed by atoms with van der Waals surface area (Å²) in [5, 5.41) is 4.74. The molecule has 0 atom stereocenters. The largest absolute Gasteiger partial charge is 0.496 e. The number of nitrogens with zero attached hydrogens (tertiary/aromatic N) is 3. The van der Waals surface area contributed by atoms with Crippen molar-refractivity contribution in [1.29, 1.82) is 0 Å². The van der Waals surface area contributed by atoms with Gasteiger partial charge in [-0.2, -0.15) is 0 Å². The van der Waals surface area contributed by atoms with Crippen molar-refractivity contribution in [3.8, 4) is 5.75 Å². The van der Waals surface area contributed by atoms with Crippen molar-refractivity contribution < 1.29 is 9.53 Å². The van der Waals surface area contributed by atoms with Crippen molar-refractivity contribution >= 4 is 22.3 Å². The molecular weight excluding hydrogens is 316 g/mol. The van der Waals surface area contributed by atoms with Crippen LogP contribution in [-0.4, -0.2) is 27.4 Å². The van der Waals surface area contributed by atoms with Gasteiger partial charge in [0.25, 0.3) is 5.91 Å². The van der Waals surface area contributed by atoms with Gasteiger partial charge in [-0.3, -0.25) is 14.2 Å². The molecule has 124 valence electrons. The number of ether oxygens (including phenoxy) is 1. The summed E-state index contributed by atoms with van der Waals surface area (Å²) in [5.41, 5.74) is 2.26. The topological polar surface area (TPSA) is 68.5 Å². The molecule has 2 aromatic carbocycles. The van der Waals surface area contributed by atoms with Crippen molar-refractivity contribution in [2.75, 3.05) is 7.11 Å². The molecule has 0 fully saturated rings. The molecule has 25 heavy (non-hydrogen) atoms. The monoisotopic (exact) mass is 332 g/mol. The minimum absolute atomic E-state index is 0.136. The number of imidazole rings is 1. The highest BCUT2D eigenvalue weighted by molar-refractivity contribution is 6.08. The summed E-state index contributed by atoms with van der Waals surface area (Å²) in [6, 6.07) is 11.3. The fraction of sp³-hybridized carbons (Fsp3) is 0.105. The van der Waals surface area contributed by atoms with Crippen LogP contribution in [-0.2, 0) is 6.54 Å². The van der Waals surface area contributed by atoms with E-state index in [9.17, 15) is 4.79 Å². The summed E-state index contributed by atoms with van der Waals surface area (Å²) in [7, 11) is 1.63. The molecule has 6 nitrogen and oxygen atoms in total. The molecule has 0 bridgehead atoms. The van der Waals surface area contributed by atoms with Crippen molar-refractivity contribution in [2.24, 2.45) is 0 Å². The molecule has 0 aliphatic carbocycles. The van der Waals surface area contributed by atoms with Crippen molar-refractivity contribution in [3.05, 3.63) is 72.4 Å². The Morgan fingerprint density at radius 1 is 1.16 bits per heavy atom. The second kappa shape index (κ2) is 6.24. The maximum absolute atomic E-state index is 12.7. The number of carbonyl (C=O) groups is 1. The zero-order chi connectivity index (χ0) is 17.2. The Bertz CT molecular complexity index is 1070. The molecule has 1 amide bonds. The number of hydrogen-bond donors (Lipinski definition) is 1. The van der Waals surface area contributed by atoms with Crippen molar-refractivity contribution in [2.45, 2.75) is 6.54 Å². The molecule has 0 radical (unpaired) electrons. The predicted octanol–water partition coefficient (Wildman–Crippen LogP) is 2.82. The SMILES string of the molecule is COc1ccc(C(=O)NCc2cnc3cnccn23)c2ccccc12. The van der Waals surface area contributed by atoms with Gasteiger partial charge in [-0.05, 0) is 17.5 Å². The number of amides is 1.